The first-order valence-electron chi connectivity index (χ1n) is 11.4. The van der Waals surface area contributed by atoms with Crippen LogP contribution < -0.4 is 16.4 Å². The van der Waals surface area contributed by atoms with Crippen molar-refractivity contribution >= 4 is 24.2 Å². The molecule has 0 saturated carbocycles. The van der Waals surface area contributed by atoms with Gasteiger partial charge in [-0.2, -0.15) is 6.41 Å². The monoisotopic (exact) mass is 758 g/mol. The number of nitrogens with one attached hydrogen (secondary N) is 2. The quantitative estimate of drug-likeness (QED) is 0.193. The second kappa shape index (κ2) is 18.4. The number of hydrogen-bond acceptors (Lipinski definition) is 6. The predicted octanol–water partition coefficient (Wildman–Crippen LogP) is 2.10. The smallest absolute Gasteiger partial charge is 0.322 e. The van der Waals surface area contributed by atoms with Crippen LogP contribution in [0.4, 0.5) is 0 Å². The summed E-state index contributed by atoms with van der Waals surface area (Å²) in [4.78, 5) is 47.6. The molecule has 3 amide bonds. The molecule has 0 spiro atoms. The Labute approximate surface area is 212 Å². The molecular formula is C26H37FmN4O6-. The minimum absolute atomic E-state index is 0. The van der Waals surface area contributed by atoms with Crippen LogP contribution in [0, 0.1) is 5.41 Å². The van der Waals surface area contributed by atoms with Crippen molar-refractivity contribution in [2.45, 2.75) is 59.4 Å². The number of carbonyl (C=O) groups is 3. The third-order valence-electron chi connectivity index (χ3n) is 4.87. The summed E-state index contributed by atoms with van der Waals surface area (Å²) < 4.78 is 0. The molecule has 1 unspecified atom stereocenters. The summed E-state index contributed by atoms with van der Waals surface area (Å²) in [6, 6.07) is 9.10. The van der Waals surface area contributed by atoms with Crippen molar-refractivity contribution in [1.82, 2.24) is 15.6 Å². The summed E-state index contributed by atoms with van der Waals surface area (Å²) in [5, 5.41) is 22.9. The van der Waals surface area contributed by atoms with E-state index in [1.807, 2.05) is 0 Å². The SMILES string of the molecule is CCC(C)(C)C.N[C-]=O.O=C(O)CNC(=O)C(Cc1cccnc1)NC(=O)CCc1ccc(O)cc1.[Fm]. The Morgan fingerprint density at radius 1 is 1.11 bits per heavy atom. The molecule has 0 saturated heterocycles. The first-order chi connectivity index (χ1) is 16.9. The number of aromatic nitrogens is 1. The number of nitrogens with two attached hydrogens (primary N) is 1. The number of amides is 3. The fraction of sp³-hybridized carbons (Fsp3) is 0.423. The second-order valence-electron chi connectivity index (χ2n) is 9.00. The van der Waals surface area contributed by atoms with Gasteiger partial charge in [0.25, 0.3) is 0 Å². The molecule has 0 fully saturated rings. The van der Waals surface area contributed by atoms with E-state index in [2.05, 4.69) is 49.0 Å². The number of primary amides is 1. The average Bonchev–Trinajstić information content (AvgIpc) is 2.83. The number of pyridine rings is 1. The minimum Gasteiger partial charge on any atom is -0.543 e. The molecule has 210 valence electrons. The van der Waals surface area contributed by atoms with Gasteiger partial charge in [-0.1, -0.05) is 52.3 Å². The molecule has 2 rings (SSSR count). The van der Waals surface area contributed by atoms with Crippen LogP contribution in [0.25, 0.3) is 0 Å². The molecule has 1 aromatic carbocycles. The van der Waals surface area contributed by atoms with E-state index in [-0.39, 0.29) is 24.5 Å². The van der Waals surface area contributed by atoms with Gasteiger partial charge in [-0.15, -0.1) is 0 Å². The first-order valence-corrected chi connectivity index (χ1v) is 11.4. The number of phenols is 1. The summed E-state index contributed by atoms with van der Waals surface area (Å²) in [7, 11) is 0. The van der Waals surface area contributed by atoms with Gasteiger partial charge >= 0.3 is 5.97 Å². The standard InChI is InChI=1S/C19H21N3O5.C6H14.CH2NO.Fm/c23-15-6-3-13(4-7-15)5-8-17(24)22-16(19(27)21-12-18(25)26)10-14-2-1-9-20-11-14;1-5-6(2,3)4;2-1-3;/h1-4,6-7,9,11,16,23H,5,8,10,12H2,(H,21,27)(H,22,24)(H,25,26);5H2,1-4H3;(H2,2,3);/q;;-1;. The predicted molar refractivity (Wildman–Crippen MR) is 137 cm³/mol. The van der Waals surface area contributed by atoms with Crippen LogP contribution in [0.5, 0.6) is 5.75 Å². The molecule has 1 heterocycles. The third-order valence-corrected chi connectivity index (χ3v) is 4.87. The number of aromatic hydroxyl groups is 1. The summed E-state index contributed by atoms with van der Waals surface area (Å²) in [5.74, 6) is -1.92. The number of rotatable bonds is 9. The van der Waals surface area contributed by atoms with E-state index in [1.54, 1.807) is 36.7 Å². The number of benzene rings is 1. The molecule has 6 N–H and O–H groups in total. The molecular weight excluding hydrogens is 721 g/mol. The molecule has 1 aromatic heterocycles. The number of aliphatic carboxylic acids is 1. The maximum Gasteiger partial charge on any atom is 0.322 e. The second-order valence-corrected chi connectivity index (χ2v) is 9.00. The Balaban J connectivity index is 0. The van der Waals surface area contributed by atoms with Crippen LogP contribution in [0.1, 0.15) is 51.7 Å². The average molecular weight is 759 g/mol. The van der Waals surface area contributed by atoms with Crippen molar-refractivity contribution in [1.29, 1.82) is 0 Å². The van der Waals surface area contributed by atoms with Gasteiger partial charge in [-0.25, -0.2) is 0 Å². The largest absolute Gasteiger partial charge is 0.543 e. The van der Waals surface area contributed by atoms with E-state index in [9.17, 15) is 19.5 Å². The topological polar surface area (TPSA) is 172 Å². The van der Waals surface area contributed by atoms with Crippen molar-refractivity contribution < 1.29 is 29.4 Å². The van der Waals surface area contributed by atoms with E-state index in [1.165, 1.54) is 18.6 Å². The van der Waals surface area contributed by atoms with E-state index in [0.29, 0.717) is 11.8 Å². The van der Waals surface area contributed by atoms with E-state index in [0.717, 1.165) is 17.5 Å². The maximum atomic E-state index is 12.3. The van der Waals surface area contributed by atoms with Crippen molar-refractivity contribution in [2.75, 3.05) is 6.54 Å². The van der Waals surface area contributed by atoms with E-state index >= 15 is 0 Å². The molecule has 10 nitrogen and oxygen atoms in total. The van der Waals surface area contributed by atoms with Crippen LogP contribution in [0.15, 0.2) is 48.8 Å². The fourth-order valence-corrected chi connectivity index (χ4v) is 2.44. The number of aryl methyl sites for hydroxylation is 1. The van der Waals surface area contributed by atoms with Gasteiger partial charge in [0.05, 0.1) is 0 Å². The normalized spacial score (nSPS) is 10.6. The van der Waals surface area contributed by atoms with Gasteiger partial charge in [0.15, 0.2) is 0 Å². The van der Waals surface area contributed by atoms with Gasteiger partial charge < -0.3 is 31.4 Å². The molecule has 0 radical (unpaired) electrons. The molecule has 0 aliphatic heterocycles. The molecule has 2 aromatic rings. The van der Waals surface area contributed by atoms with Gasteiger partial charge in [0.2, 0.25) is 11.8 Å². The molecule has 37 heavy (non-hydrogen) atoms. The van der Waals surface area contributed by atoms with Gasteiger partial charge in [0.1, 0.15) is 18.3 Å². The van der Waals surface area contributed by atoms with Crippen LogP contribution >= 0.6 is 0 Å². The Morgan fingerprint density at radius 2 is 1.68 bits per heavy atom. The third kappa shape index (κ3) is 18.1. The van der Waals surface area contributed by atoms with Gasteiger partial charge in [-0.3, -0.25) is 19.4 Å². The Morgan fingerprint density at radius 3 is 2.14 bits per heavy atom. The minimum atomic E-state index is -1.16. The van der Waals surface area contributed by atoms with E-state index in [4.69, 9.17) is 9.90 Å². The number of nitrogens with zero attached hydrogens (tertiary/aromatic N) is 1. The molecule has 0 aliphatic rings. The van der Waals surface area contributed by atoms with Crippen LogP contribution in [0.3, 0.4) is 0 Å². The molecule has 0 bridgehead atoms. The first kappa shape index (κ1) is 34.2. The molecule has 11 heteroatoms. The van der Waals surface area contributed by atoms with E-state index < -0.39 is 24.5 Å². The number of carboxylic acids is 1. The number of hydrogen-bond donors (Lipinski definition) is 5. The van der Waals surface area contributed by atoms with Crippen LogP contribution in [-0.2, 0) is 32.0 Å². The van der Waals surface area contributed by atoms with Crippen molar-refractivity contribution in [3.63, 3.8) is 0 Å². The van der Waals surface area contributed by atoms with Crippen LogP contribution in [-0.4, -0.2) is 52.0 Å². The molecule has 0 aliphatic carbocycles. The Hall–Kier alpha value is -4.95. The fourth-order valence-electron chi connectivity index (χ4n) is 2.44. The number of phenolic OH excluding ortho intramolecular Hbond substituents is 1. The van der Waals surface area contributed by atoms with Crippen molar-refractivity contribution in [2.24, 2.45) is 11.1 Å². The Kier molecular flexibility index (Phi) is 17.0. The maximum absolute atomic E-state index is 12.3. The summed E-state index contributed by atoms with van der Waals surface area (Å²) in [6.45, 7) is 8.42. The zero-order valence-corrected chi connectivity index (χ0v) is 24.0. The Bertz CT molecular complexity index is 934. The van der Waals surface area contributed by atoms with Crippen molar-refractivity contribution in [3.05, 3.63) is 59.9 Å². The zero-order chi connectivity index (χ0) is 27.6. The summed E-state index contributed by atoms with van der Waals surface area (Å²) in [6.07, 6.45) is 6.25. The van der Waals surface area contributed by atoms with Gasteiger partial charge in [0, 0.05) is 25.2 Å². The van der Waals surface area contributed by atoms with Crippen molar-refractivity contribution in [3.8, 4) is 5.75 Å². The number of carboxylic acid groups (broad SMARTS) is 1. The van der Waals surface area contributed by atoms with Crippen LogP contribution in [0.2, 0.25) is 0 Å². The summed E-state index contributed by atoms with van der Waals surface area (Å²) >= 11 is 0. The number of carbonyl (C=O) groups excluding carboxylic acids is 3. The van der Waals surface area contributed by atoms with Gasteiger partial charge in [-0.05, 0) is 41.2 Å². The molecule has 1 atom stereocenters. The zero-order valence-electron chi connectivity index (χ0n) is 21.6. The summed E-state index contributed by atoms with van der Waals surface area (Å²) in [5.41, 5.74) is 6.20.